The maximum atomic E-state index is 11.8. The van der Waals surface area contributed by atoms with Gasteiger partial charge in [0.15, 0.2) is 0 Å². The second-order valence-corrected chi connectivity index (χ2v) is 4.87. The Hall–Kier alpha value is -0.320. The first-order valence-corrected chi connectivity index (χ1v) is 5.88. The molecule has 4 nitrogen and oxygen atoms in total. The van der Waals surface area contributed by atoms with E-state index in [4.69, 9.17) is 0 Å². The topological polar surface area (TPSA) is 61.4 Å². The molecule has 2 fully saturated rings. The predicted octanol–water partition coefficient (Wildman–Crippen LogP) is 0.436. The SMILES string of the molecule is CC1CCCC1NC(=O)[C@H]1C[C@H](O)CN1.Cl. The normalized spacial score (nSPS) is 38.1. The molecule has 0 aromatic rings. The summed E-state index contributed by atoms with van der Waals surface area (Å²) in [5.41, 5.74) is 0. The summed E-state index contributed by atoms with van der Waals surface area (Å²) in [4.78, 5) is 11.8. The molecule has 1 saturated heterocycles. The second kappa shape index (κ2) is 5.84. The van der Waals surface area contributed by atoms with E-state index >= 15 is 0 Å². The van der Waals surface area contributed by atoms with Crippen molar-refractivity contribution in [3.05, 3.63) is 0 Å². The number of β-amino-alcohol motifs (C(OH)–C–C–N with tert-alkyl or cyclic N) is 1. The highest BCUT2D eigenvalue weighted by Crippen LogP contribution is 2.25. The zero-order valence-corrected chi connectivity index (χ0v) is 10.4. The number of amides is 1. The molecule has 0 aromatic heterocycles. The molecule has 94 valence electrons. The Morgan fingerprint density at radius 3 is 2.69 bits per heavy atom. The van der Waals surface area contributed by atoms with Gasteiger partial charge in [-0.2, -0.15) is 0 Å². The summed E-state index contributed by atoms with van der Waals surface area (Å²) in [7, 11) is 0. The molecule has 0 radical (unpaired) electrons. The van der Waals surface area contributed by atoms with Gasteiger partial charge in [0.25, 0.3) is 0 Å². The molecule has 4 atom stereocenters. The van der Waals surface area contributed by atoms with Crippen molar-refractivity contribution in [1.29, 1.82) is 0 Å². The Morgan fingerprint density at radius 1 is 1.44 bits per heavy atom. The van der Waals surface area contributed by atoms with E-state index in [1.807, 2.05) is 0 Å². The summed E-state index contributed by atoms with van der Waals surface area (Å²) in [5.74, 6) is 0.658. The maximum Gasteiger partial charge on any atom is 0.237 e. The van der Waals surface area contributed by atoms with E-state index in [-0.39, 0.29) is 30.5 Å². The van der Waals surface area contributed by atoms with Crippen LogP contribution in [-0.4, -0.2) is 35.7 Å². The number of nitrogens with one attached hydrogen (secondary N) is 2. The summed E-state index contributed by atoms with van der Waals surface area (Å²) in [6.45, 7) is 2.73. The lowest BCUT2D eigenvalue weighted by molar-refractivity contribution is -0.123. The molecule has 1 aliphatic carbocycles. The van der Waals surface area contributed by atoms with Gasteiger partial charge in [-0.25, -0.2) is 0 Å². The lowest BCUT2D eigenvalue weighted by atomic mass is 10.1. The summed E-state index contributed by atoms with van der Waals surface area (Å²) >= 11 is 0. The third-order valence-corrected chi connectivity index (χ3v) is 3.61. The molecule has 0 aromatic carbocycles. The standard InChI is InChI=1S/C11H20N2O2.ClH/c1-7-3-2-4-9(7)13-11(15)10-5-8(14)6-12-10;/h7-10,12,14H,2-6H2,1H3,(H,13,15);1H/t7?,8-,9?,10+;/m0./s1. The van der Waals surface area contributed by atoms with Gasteiger partial charge in [0.05, 0.1) is 12.1 Å². The second-order valence-electron chi connectivity index (χ2n) is 4.87. The van der Waals surface area contributed by atoms with Gasteiger partial charge in [0, 0.05) is 12.6 Å². The highest BCUT2D eigenvalue weighted by molar-refractivity contribution is 5.85. The number of carbonyl (C=O) groups is 1. The highest BCUT2D eigenvalue weighted by Gasteiger charge is 2.31. The summed E-state index contributed by atoms with van der Waals surface area (Å²) in [5, 5.41) is 15.4. The number of hydrogen-bond donors (Lipinski definition) is 3. The van der Waals surface area contributed by atoms with Gasteiger partial charge in [0.2, 0.25) is 5.91 Å². The lowest BCUT2D eigenvalue weighted by Crippen LogP contribution is -2.46. The Kier molecular flexibility index (Phi) is 5.02. The molecule has 0 bridgehead atoms. The van der Waals surface area contributed by atoms with Gasteiger partial charge in [-0.3, -0.25) is 4.79 Å². The van der Waals surface area contributed by atoms with Crippen LogP contribution in [0, 0.1) is 5.92 Å². The fourth-order valence-electron chi connectivity index (χ4n) is 2.56. The van der Waals surface area contributed by atoms with E-state index in [9.17, 15) is 9.90 Å². The van der Waals surface area contributed by atoms with Gasteiger partial charge in [-0.1, -0.05) is 13.3 Å². The van der Waals surface area contributed by atoms with Crippen molar-refractivity contribution in [1.82, 2.24) is 10.6 Å². The van der Waals surface area contributed by atoms with E-state index < -0.39 is 0 Å². The predicted molar refractivity (Wildman–Crippen MR) is 64.6 cm³/mol. The number of aliphatic hydroxyl groups is 1. The van der Waals surface area contributed by atoms with Crippen LogP contribution < -0.4 is 10.6 Å². The first kappa shape index (κ1) is 13.7. The van der Waals surface area contributed by atoms with Crippen molar-refractivity contribution in [3.8, 4) is 0 Å². The van der Waals surface area contributed by atoms with Crippen LogP contribution >= 0.6 is 12.4 Å². The molecule has 16 heavy (non-hydrogen) atoms. The molecular weight excluding hydrogens is 228 g/mol. The van der Waals surface area contributed by atoms with E-state index in [1.165, 1.54) is 12.8 Å². The molecule has 2 unspecified atom stereocenters. The molecule has 2 rings (SSSR count). The van der Waals surface area contributed by atoms with Gasteiger partial charge in [0.1, 0.15) is 0 Å². The fraction of sp³-hybridized carbons (Fsp3) is 0.909. The smallest absolute Gasteiger partial charge is 0.237 e. The molecule has 3 N–H and O–H groups in total. The number of hydrogen-bond acceptors (Lipinski definition) is 3. The zero-order valence-electron chi connectivity index (χ0n) is 9.61. The van der Waals surface area contributed by atoms with Crippen LogP contribution in [0.5, 0.6) is 0 Å². The minimum atomic E-state index is -0.359. The maximum absolute atomic E-state index is 11.8. The van der Waals surface area contributed by atoms with Crippen molar-refractivity contribution in [2.24, 2.45) is 5.92 Å². The minimum absolute atomic E-state index is 0. The molecular formula is C11H21ClN2O2. The van der Waals surface area contributed by atoms with E-state index in [0.717, 1.165) is 6.42 Å². The summed E-state index contributed by atoms with van der Waals surface area (Å²) in [6, 6.07) is 0.157. The van der Waals surface area contributed by atoms with Crippen LogP contribution in [0.1, 0.15) is 32.6 Å². The molecule has 1 amide bonds. The Morgan fingerprint density at radius 2 is 2.19 bits per heavy atom. The van der Waals surface area contributed by atoms with E-state index in [0.29, 0.717) is 24.9 Å². The van der Waals surface area contributed by atoms with Crippen LogP contribution in [0.25, 0.3) is 0 Å². The Labute approximate surface area is 103 Å². The molecule has 5 heteroatoms. The van der Waals surface area contributed by atoms with Gasteiger partial charge in [-0.15, -0.1) is 12.4 Å². The van der Waals surface area contributed by atoms with Crippen molar-refractivity contribution < 1.29 is 9.90 Å². The Balaban J connectivity index is 0.00000128. The Bertz CT molecular complexity index is 250. The molecule has 0 spiro atoms. The van der Waals surface area contributed by atoms with Crippen LogP contribution in [0.15, 0.2) is 0 Å². The van der Waals surface area contributed by atoms with Gasteiger partial charge >= 0.3 is 0 Å². The average molecular weight is 249 g/mol. The summed E-state index contributed by atoms with van der Waals surface area (Å²) < 4.78 is 0. The number of rotatable bonds is 2. The third kappa shape index (κ3) is 3.09. The fourth-order valence-corrected chi connectivity index (χ4v) is 2.56. The van der Waals surface area contributed by atoms with Crippen molar-refractivity contribution in [2.75, 3.05) is 6.54 Å². The highest BCUT2D eigenvalue weighted by atomic mass is 35.5. The van der Waals surface area contributed by atoms with Crippen LogP contribution in [0.4, 0.5) is 0 Å². The quantitative estimate of drug-likeness (QED) is 0.665. The van der Waals surface area contributed by atoms with Gasteiger partial charge < -0.3 is 15.7 Å². The van der Waals surface area contributed by atoms with Crippen molar-refractivity contribution in [3.63, 3.8) is 0 Å². The monoisotopic (exact) mass is 248 g/mol. The minimum Gasteiger partial charge on any atom is -0.392 e. The van der Waals surface area contributed by atoms with E-state index in [2.05, 4.69) is 17.6 Å². The number of aliphatic hydroxyl groups excluding tert-OH is 1. The first-order valence-electron chi connectivity index (χ1n) is 5.88. The molecule has 1 aliphatic heterocycles. The largest absolute Gasteiger partial charge is 0.392 e. The lowest BCUT2D eigenvalue weighted by Gasteiger charge is -2.19. The molecule has 1 saturated carbocycles. The molecule has 2 aliphatic rings. The first-order chi connectivity index (χ1) is 7.16. The van der Waals surface area contributed by atoms with E-state index in [1.54, 1.807) is 0 Å². The van der Waals surface area contributed by atoms with Crippen molar-refractivity contribution in [2.45, 2.75) is 50.8 Å². The zero-order chi connectivity index (χ0) is 10.8. The van der Waals surface area contributed by atoms with Crippen molar-refractivity contribution >= 4 is 18.3 Å². The summed E-state index contributed by atoms with van der Waals surface area (Å²) in [6.07, 6.45) is 3.72. The van der Waals surface area contributed by atoms with Gasteiger partial charge in [-0.05, 0) is 25.2 Å². The number of halogens is 1. The third-order valence-electron chi connectivity index (χ3n) is 3.61. The van der Waals surface area contributed by atoms with Crippen LogP contribution in [-0.2, 0) is 4.79 Å². The number of carbonyl (C=O) groups excluding carboxylic acids is 1. The molecule has 1 heterocycles. The van der Waals surface area contributed by atoms with Crippen LogP contribution in [0.2, 0.25) is 0 Å². The van der Waals surface area contributed by atoms with Crippen LogP contribution in [0.3, 0.4) is 0 Å². The average Bonchev–Trinajstić information content (AvgIpc) is 2.77.